The molecule has 148 valence electrons. The van der Waals surface area contributed by atoms with Crippen LogP contribution in [0, 0.1) is 5.82 Å². The number of hydrogen-bond donors (Lipinski definition) is 3. The van der Waals surface area contributed by atoms with E-state index in [2.05, 4.69) is 31.2 Å². The van der Waals surface area contributed by atoms with Gasteiger partial charge in [-0.1, -0.05) is 0 Å². The van der Waals surface area contributed by atoms with E-state index in [1.165, 1.54) is 46.1 Å². The summed E-state index contributed by atoms with van der Waals surface area (Å²) in [6, 6.07) is 6.32. The summed E-state index contributed by atoms with van der Waals surface area (Å²) in [7, 11) is 1.62. The highest BCUT2D eigenvalue weighted by Gasteiger charge is 2.50. The van der Waals surface area contributed by atoms with Crippen molar-refractivity contribution < 1.29 is 18.8 Å². The lowest BCUT2D eigenvalue weighted by molar-refractivity contribution is -0.124. The number of benzene rings is 1. The van der Waals surface area contributed by atoms with Crippen molar-refractivity contribution in [3.63, 3.8) is 0 Å². The predicted octanol–water partition coefficient (Wildman–Crippen LogP) is -0.395. The minimum atomic E-state index is -1.51. The number of aryl methyl sites for hydroxylation is 1. The van der Waals surface area contributed by atoms with Crippen molar-refractivity contribution in [3.05, 3.63) is 59.9 Å². The van der Waals surface area contributed by atoms with Crippen LogP contribution < -0.4 is 16.0 Å². The maximum absolute atomic E-state index is 13.0. The second-order valence-electron chi connectivity index (χ2n) is 6.33. The third kappa shape index (κ3) is 3.20. The minimum absolute atomic E-state index is 0.0146. The Morgan fingerprint density at radius 2 is 1.97 bits per heavy atom. The average Bonchev–Trinajstić information content (AvgIpc) is 3.40. The largest absolute Gasteiger partial charge is 0.347 e. The fourth-order valence-corrected chi connectivity index (χ4v) is 3.05. The van der Waals surface area contributed by atoms with E-state index in [-0.39, 0.29) is 12.2 Å². The van der Waals surface area contributed by atoms with Crippen LogP contribution in [0.25, 0.3) is 5.69 Å². The quantitative estimate of drug-likeness (QED) is 0.501. The number of nitrogens with one attached hydrogen (secondary N) is 3. The molecule has 3 N–H and O–H groups in total. The number of hydrogen-bond acceptors (Lipinski definition) is 6. The zero-order chi connectivity index (χ0) is 20.6. The summed E-state index contributed by atoms with van der Waals surface area (Å²) >= 11 is 0. The van der Waals surface area contributed by atoms with Gasteiger partial charge in [-0.2, -0.15) is 15.0 Å². The van der Waals surface area contributed by atoms with Gasteiger partial charge in [0.2, 0.25) is 0 Å². The van der Waals surface area contributed by atoms with E-state index in [1.807, 2.05) is 0 Å². The molecule has 1 unspecified atom stereocenters. The number of carbonyl (C=O) groups excluding carboxylic acids is 3. The Hall–Kier alpha value is -4.09. The van der Waals surface area contributed by atoms with Crippen LogP contribution in [-0.2, 0) is 17.4 Å². The third-order valence-corrected chi connectivity index (χ3v) is 4.50. The zero-order valence-electron chi connectivity index (χ0n) is 15.1. The first-order valence-electron chi connectivity index (χ1n) is 8.47. The molecule has 11 nitrogen and oxygen atoms in total. The Kier molecular flexibility index (Phi) is 4.30. The summed E-state index contributed by atoms with van der Waals surface area (Å²) in [4.78, 5) is 37.9. The third-order valence-electron chi connectivity index (χ3n) is 4.50. The number of nitrogens with zero attached hydrogens (tertiary/aromatic N) is 5. The number of carbonyl (C=O) groups is 3. The highest BCUT2D eigenvalue weighted by Crippen LogP contribution is 2.23. The number of imide groups is 1. The van der Waals surface area contributed by atoms with Crippen LogP contribution in [0.15, 0.2) is 42.7 Å². The normalized spacial score (nSPS) is 18.4. The Morgan fingerprint density at radius 3 is 2.59 bits per heavy atom. The molecule has 1 aliphatic rings. The van der Waals surface area contributed by atoms with Gasteiger partial charge in [0, 0.05) is 13.2 Å². The molecule has 1 atom stereocenters. The summed E-state index contributed by atoms with van der Waals surface area (Å²) < 4.78 is 14.5. The molecule has 0 radical (unpaired) electrons. The van der Waals surface area contributed by atoms with Gasteiger partial charge in [0.05, 0.1) is 24.1 Å². The van der Waals surface area contributed by atoms with Crippen LogP contribution in [0.2, 0.25) is 0 Å². The molecule has 0 bridgehead atoms. The molecule has 0 aliphatic carbocycles. The van der Waals surface area contributed by atoms with Crippen molar-refractivity contribution in [1.29, 1.82) is 0 Å². The summed E-state index contributed by atoms with van der Waals surface area (Å²) in [5.74, 6) is -1.62. The van der Waals surface area contributed by atoms with E-state index >= 15 is 0 Å². The Morgan fingerprint density at radius 1 is 1.21 bits per heavy atom. The fourth-order valence-electron chi connectivity index (χ4n) is 3.05. The van der Waals surface area contributed by atoms with Crippen LogP contribution in [0.1, 0.15) is 16.2 Å². The number of halogens is 1. The van der Waals surface area contributed by atoms with E-state index in [4.69, 9.17) is 0 Å². The maximum Gasteiger partial charge on any atom is 0.322 e. The molecule has 1 fully saturated rings. The summed E-state index contributed by atoms with van der Waals surface area (Å²) in [6.45, 7) is -0.230. The van der Waals surface area contributed by atoms with E-state index in [1.54, 1.807) is 13.1 Å². The van der Waals surface area contributed by atoms with Crippen molar-refractivity contribution in [2.24, 2.45) is 7.05 Å². The smallest absolute Gasteiger partial charge is 0.322 e. The van der Waals surface area contributed by atoms with Crippen molar-refractivity contribution in [2.45, 2.75) is 5.54 Å². The second-order valence-corrected chi connectivity index (χ2v) is 6.33. The van der Waals surface area contributed by atoms with Crippen LogP contribution in [0.3, 0.4) is 0 Å². The van der Waals surface area contributed by atoms with Crippen molar-refractivity contribution in [2.75, 3.05) is 6.54 Å². The molecule has 29 heavy (non-hydrogen) atoms. The zero-order valence-corrected chi connectivity index (χ0v) is 15.1. The SMILES string of the molecule is Cn1nccc1C1(CNC(=O)c2cnn(-c3ccc(F)cc3)n2)NC(=O)NC1=O. The van der Waals surface area contributed by atoms with Gasteiger partial charge in [-0.25, -0.2) is 9.18 Å². The van der Waals surface area contributed by atoms with Gasteiger partial charge in [-0.3, -0.25) is 19.6 Å². The van der Waals surface area contributed by atoms with Gasteiger partial charge in [0.1, 0.15) is 5.82 Å². The highest BCUT2D eigenvalue weighted by molar-refractivity contribution is 6.07. The molecule has 3 heterocycles. The van der Waals surface area contributed by atoms with Crippen LogP contribution in [0.4, 0.5) is 9.18 Å². The predicted molar refractivity (Wildman–Crippen MR) is 95.2 cm³/mol. The first-order chi connectivity index (χ1) is 13.9. The van der Waals surface area contributed by atoms with Gasteiger partial charge >= 0.3 is 6.03 Å². The monoisotopic (exact) mass is 398 g/mol. The molecule has 4 rings (SSSR count). The molecule has 4 amide bonds. The Bertz CT molecular complexity index is 1110. The lowest BCUT2D eigenvalue weighted by Crippen LogP contribution is -2.53. The van der Waals surface area contributed by atoms with Crippen LogP contribution in [0.5, 0.6) is 0 Å². The first-order valence-corrected chi connectivity index (χ1v) is 8.47. The van der Waals surface area contributed by atoms with Crippen molar-refractivity contribution in [3.8, 4) is 5.69 Å². The van der Waals surface area contributed by atoms with Crippen LogP contribution in [-0.4, -0.2) is 49.2 Å². The molecule has 1 aromatic carbocycles. The minimum Gasteiger partial charge on any atom is -0.347 e. The average molecular weight is 398 g/mol. The van der Waals surface area contributed by atoms with E-state index in [0.717, 1.165) is 0 Å². The van der Waals surface area contributed by atoms with Gasteiger partial charge in [0.25, 0.3) is 11.8 Å². The molecule has 1 saturated heterocycles. The fraction of sp³-hybridized carbons (Fsp3) is 0.176. The lowest BCUT2D eigenvalue weighted by Gasteiger charge is -2.26. The number of urea groups is 1. The van der Waals surface area contributed by atoms with Gasteiger partial charge < -0.3 is 10.6 Å². The number of amides is 4. The molecule has 3 aromatic rings. The van der Waals surface area contributed by atoms with E-state index in [9.17, 15) is 18.8 Å². The van der Waals surface area contributed by atoms with E-state index in [0.29, 0.717) is 11.4 Å². The molecule has 1 aliphatic heterocycles. The van der Waals surface area contributed by atoms with Crippen molar-refractivity contribution in [1.82, 2.24) is 40.7 Å². The number of aromatic nitrogens is 5. The summed E-state index contributed by atoms with van der Waals surface area (Å²) in [5, 5.41) is 19.4. The highest BCUT2D eigenvalue weighted by atomic mass is 19.1. The Balaban J connectivity index is 1.54. The van der Waals surface area contributed by atoms with Crippen LogP contribution >= 0.6 is 0 Å². The standard InChI is InChI=1S/C17H15FN8O3/c1-25-13(6-7-20-25)17(15(28)22-16(29)23-17)9-19-14(27)12-8-21-26(24-12)11-4-2-10(18)3-5-11/h2-8H,9H2,1H3,(H,19,27)(H2,22,23,28,29). The number of rotatable bonds is 5. The Labute approximate surface area is 162 Å². The second kappa shape index (κ2) is 6.82. The molecule has 2 aromatic heterocycles. The van der Waals surface area contributed by atoms with E-state index < -0.39 is 29.2 Å². The summed E-state index contributed by atoms with van der Waals surface area (Å²) in [5.41, 5.74) is -0.653. The topological polar surface area (TPSA) is 136 Å². The molecular weight excluding hydrogens is 383 g/mol. The molecule has 0 spiro atoms. The van der Waals surface area contributed by atoms with Gasteiger partial charge in [-0.15, -0.1) is 5.10 Å². The van der Waals surface area contributed by atoms with Gasteiger partial charge in [-0.05, 0) is 30.3 Å². The van der Waals surface area contributed by atoms with Gasteiger partial charge in [0.15, 0.2) is 11.2 Å². The molecule has 12 heteroatoms. The maximum atomic E-state index is 13.0. The van der Waals surface area contributed by atoms with Crippen molar-refractivity contribution >= 4 is 17.8 Å². The molecular formula is C17H15FN8O3. The first kappa shape index (κ1) is 18.3. The lowest BCUT2D eigenvalue weighted by atomic mass is 9.95. The summed E-state index contributed by atoms with van der Waals surface area (Å²) in [6.07, 6.45) is 2.72. The molecule has 0 saturated carbocycles.